The number of amides is 1. The second kappa shape index (κ2) is 7.64. The molecule has 0 aromatic heterocycles. The third-order valence-corrected chi connectivity index (χ3v) is 3.27. The second-order valence-corrected chi connectivity index (χ2v) is 5.60. The second-order valence-electron chi connectivity index (χ2n) is 5.20. The van der Waals surface area contributed by atoms with Gasteiger partial charge in [0.2, 0.25) is 0 Å². The lowest BCUT2D eigenvalue weighted by atomic mass is 10.1. The Morgan fingerprint density at radius 3 is 2.57 bits per heavy atom. The standard InChI is InChI=1S/C15H22ClNO4/c1-10(9-19-4)21-13-7-6-11(8-12(13)16)17-14(18)15(2,3)20-5/h6-8,10H,9H2,1-5H3,(H,17,18)/t10-/m0/s1. The van der Waals surface area contributed by atoms with Crippen molar-refractivity contribution in [3.05, 3.63) is 23.2 Å². The van der Waals surface area contributed by atoms with Gasteiger partial charge >= 0.3 is 0 Å². The Kier molecular flexibility index (Phi) is 6.45. The normalized spacial score (nSPS) is 12.9. The Labute approximate surface area is 130 Å². The SMILES string of the molecule is COC[C@H](C)Oc1ccc(NC(=O)C(C)(C)OC)cc1Cl. The molecular weight excluding hydrogens is 294 g/mol. The van der Waals surface area contributed by atoms with Gasteiger partial charge in [-0.05, 0) is 39.0 Å². The van der Waals surface area contributed by atoms with Crippen LogP contribution in [0.3, 0.4) is 0 Å². The summed E-state index contributed by atoms with van der Waals surface area (Å²) in [6.45, 7) is 5.73. The summed E-state index contributed by atoms with van der Waals surface area (Å²) in [4.78, 5) is 12.0. The van der Waals surface area contributed by atoms with Crippen LogP contribution in [0.15, 0.2) is 18.2 Å². The molecule has 1 amide bonds. The van der Waals surface area contributed by atoms with Gasteiger partial charge in [0.1, 0.15) is 17.5 Å². The van der Waals surface area contributed by atoms with Gasteiger partial charge in [0.05, 0.1) is 11.6 Å². The van der Waals surface area contributed by atoms with Crippen LogP contribution in [-0.2, 0) is 14.3 Å². The van der Waals surface area contributed by atoms with Crippen molar-refractivity contribution in [1.29, 1.82) is 0 Å². The quantitative estimate of drug-likeness (QED) is 0.840. The van der Waals surface area contributed by atoms with Crippen molar-refractivity contribution in [3.8, 4) is 5.75 Å². The molecule has 0 unspecified atom stereocenters. The fourth-order valence-corrected chi connectivity index (χ4v) is 1.76. The summed E-state index contributed by atoms with van der Waals surface area (Å²) < 4.78 is 15.8. The highest BCUT2D eigenvalue weighted by Gasteiger charge is 2.27. The molecule has 5 nitrogen and oxygen atoms in total. The van der Waals surface area contributed by atoms with Crippen LogP contribution < -0.4 is 10.1 Å². The lowest BCUT2D eigenvalue weighted by molar-refractivity contribution is -0.133. The van der Waals surface area contributed by atoms with Crippen LogP contribution >= 0.6 is 11.6 Å². The van der Waals surface area contributed by atoms with E-state index in [9.17, 15) is 4.79 Å². The highest BCUT2D eigenvalue weighted by molar-refractivity contribution is 6.32. The van der Waals surface area contributed by atoms with Gasteiger partial charge in [0.25, 0.3) is 5.91 Å². The van der Waals surface area contributed by atoms with Gasteiger partial charge in [-0.25, -0.2) is 0 Å². The summed E-state index contributed by atoms with van der Waals surface area (Å²) in [6, 6.07) is 5.08. The van der Waals surface area contributed by atoms with E-state index in [2.05, 4.69) is 5.32 Å². The molecule has 0 spiro atoms. The predicted octanol–water partition coefficient (Wildman–Crippen LogP) is 3.12. The van der Waals surface area contributed by atoms with Crippen molar-refractivity contribution >= 4 is 23.2 Å². The Balaban J connectivity index is 2.76. The number of rotatable bonds is 7. The first-order chi connectivity index (χ1) is 9.80. The molecule has 6 heteroatoms. The largest absolute Gasteiger partial charge is 0.487 e. The number of nitrogens with one attached hydrogen (secondary N) is 1. The van der Waals surface area contributed by atoms with Crippen LogP contribution in [0, 0.1) is 0 Å². The van der Waals surface area contributed by atoms with E-state index in [1.165, 1.54) is 7.11 Å². The molecule has 0 fully saturated rings. The highest BCUT2D eigenvalue weighted by atomic mass is 35.5. The fraction of sp³-hybridized carbons (Fsp3) is 0.533. The molecule has 0 saturated heterocycles. The molecule has 1 N–H and O–H groups in total. The average molecular weight is 316 g/mol. The van der Waals surface area contributed by atoms with E-state index >= 15 is 0 Å². The topological polar surface area (TPSA) is 56.8 Å². The third-order valence-electron chi connectivity index (χ3n) is 2.98. The molecule has 0 heterocycles. The summed E-state index contributed by atoms with van der Waals surface area (Å²) >= 11 is 6.16. The molecule has 0 aliphatic carbocycles. The molecule has 1 rings (SSSR count). The van der Waals surface area contributed by atoms with Crippen LogP contribution in [0.4, 0.5) is 5.69 Å². The zero-order valence-electron chi connectivity index (χ0n) is 13.0. The van der Waals surface area contributed by atoms with Crippen LogP contribution in [0.1, 0.15) is 20.8 Å². The summed E-state index contributed by atoms with van der Waals surface area (Å²) in [5.41, 5.74) is -0.323. The van der Waals surface area contributed by atoms with Gasteiger partial charge in [-0.2, -0.15) is 0 Å². The minimum Gasteiger partial charge on any atom is -0.487 e. The first-order valence-electron chi connectivity index (χ1n) is 6.62. The van der Waals surface area contributed by atoms with Gasteiger partial charge in [-0.3, -0.25) is 4.79 Å². The van der Waals surface area contributed by atoms with Crippen molar-refractivity contribution in [2.45, 2.75) is 32.5 Å². The molecule has 0 aliphatic heterocycles. The molecule has 0 aliphatic rings. The van der Waals surface area contributed by atoms with Crippen molar-refractivity contribution in [2.75, 3.05) is 26.1 Å². The maximum atomic E-state index is 12.0. The van der Waals surface area contributed by atoms with E-state index < -0.39 is 5.60 Å². The number of anilines is 1. The number of hydrogen-bond acceptors (Lipinski definition) is 4. The van der Waals surface area contributed by atoms with Crippen LogP contribution in [0.5, 0.6) is 5.75 Å². The minimum atomic E-state index is -0.908. The Morgan fingerprint density at radius 2 is 2.05 bits per heavy atom. The van der Waals surface area contributed by atoms with Gasteiger partial charge in [-0.15, -0.1) is 0 Å². The first kappa shape index (κ1) is 17.8. The van der Waals surface area contributed by atoms with Crippen molar-refractivity contribution in [3.63, 3.8) is 0 Å². The maximum absolute atomic E-state index is 12.0. The first-order valence-corrected chi connectivity index (χ1v) is 6.99. The minimum absolute atomic E-state index is 0.111. The number of ether oxygens (including phenoxy) is 3. The highest BCUT2D eigenvalue weighted by Crippen LogP contribution is 2.29. The monoisotopic (exact) mass is 315 g/mol. The Bertz CT molecular complexity index is 491. The lowest BCUT2D eigenvalue weighted by Crippen LogP contribution is -2.38. The number of hydrogen-bond donors (Lipinski definition) is 1. The molecule has 0 radical (unpaired) electrons. The number of carbonyl (C=O) groups excluding carboxylic acids is 1. The van der Waals surface area contributed by atoms with E-state index in [4.69, 9.17) is 25.8 Å². The third kappa shape index (κ3) is 5.19. The van der Waals surface area contributed by atoms with Gasteiger partial charge in [-0.1, -0.05) is 11.6 Å². The summed E-state index contributed by atoms with van der Waals surface area (Å²) in [6.07, 6.45) is -0.111. The van der Waals surface area contributed by atoms with Crippen molar-refractivity contribution in [1.82, 2.24) is 0 Å². The Hall–Kier alpha value is -1.30. The van der Waals surface area contributed by atoms with Crippen molar-refractivity contribution in [2.24, 2.45) is 0 Å². The summed E-state index contributed by atoms with van der Waals surface area (Å²) in [5.74, 6) is 0.299. The lowest BCUT2D eigenvalue weighted by Gasteiger charge is -2.22. The fourth-order valence-electron chi connectivity index (χ4n) is 1.53. The molecule has 1 aromatic rings. The molecule has 1 aromatic carbocycles. The summed E-state index contributed by atoms with van der Waals surface area (Å²) in [7, 11) is 3.10. The number of benzene rings is 1. The Morgan fingerprint density at radius 1 is 1.38 bits per heavy atom. The average Bonchev–Trinajstić information content (AvgIpc) is 2.42. The smallest absolute Gasteiger partial charge is 0.256 e. The zero-order valence-corrected chi connectivity index (χ0v) is 13.8. The maximum Gasteiger partial charge on any atom is 0.256 e. The van der Waals surface area contributed by atoms with E-state index in [0.29, 0.717) is 23.1 Å². The van der Waals surface area contributed by atoms with Crippen LogP contribution in [0.25, 0.3) is 0 Å². The van der Waals surface area contributed by atoms with E-state index in [-0.39, 0.29) is 12.0 Å². The molecule has 0 saturated carbocycles. The van der Waals surface area contributed by atoms with Crippen LogP contribution in [0.2, 0.25) is 5.02 Å². The molecule has 118 valence electrons. The van der Waals surface area contributed by atoms with E-state index in [0.717, 1.165) is 0 Å². The molecule has 1 atom stereocenters. The van der Waals surface area contributed by atoms with E-state index in [1.54, 1.807) is 39.2 Å². The number of carbonyl (C=O) groups is 1. The molecular formula is C15H22ClNO4. The number of halogens is 1. The van der Waals surface area contributed by atoms with E-state index in [1.807, 2.05) is 6.92 Å². The zero-order chi connectivity index (χ0) is 16.0. The van der Waals surface area contributed by atoms with Crippen molar-refractivity contribution < 1.29 is 19.0 Å². The van der Waals surface area contributed by atoms with Gasteiger partial charge < -0.3 is 19.5 Å². The predicted molar refractivity (Wildman–Crippen MR) is 83.1 cm³/mol. The molecule has 21 heavy (non-hydrogen) atoms. The van der Waals surface area contributed by atoms with Gasteiger partial charge in [0, 0.05) is 19.9 Å². The van der Waals surface area contributed by atoms with Crippen LogP contribution in [-0.4, -0.2) is 38.4 Å². The summed E-state index contributed by atoms with van der Waals surface area (Å²) in [5, 5.41) is 3.17. The van der Waals surface area contributed by atoms with Gasteiger partial charge in [0.15, 0.2) is 0 Å². The number of methoxy groups -OCH3 is 2. The molecule has 0 bridgehead atoms.